The molecule has 1 aliphatic rings. The van der Waals surface area contributed by atoms with Crippen LogP contribution in [-0.4, -0.2) is 0 Å². The van der Waals surface area contributed by atoms with Gasteiger partial charge < -0.3 is 4.74 Å². The van der Waals surface area contributed by atoms with E-state index < -0.39 is 0 Å². The van der Waals surface area contributed by atoms with Crippen molar-refractivity contribution >= 4 is 22.0 Å². The van der Waals surface area contributed by atoms with Crippen LogP contribution in [0, 0.1) is 0 Å². The van der Waals surface area contributed by atoms with E-state index in [0.717, 1.165) is 28.8 Å². The molecule has 0 atom stereocenters. The molecule has 0 saturated carbocycles. The molecule has 0 aliphatic heterocycles. The van der Waals surface area contributed by atoms with Crippen molar-refractivity contribution in [3.8, 4) is 11.5 Å². The molecule has 2 aromatic carbocycles. The summed E-state index contributed by atoms with van der Waals surface area (Å²) in [7, 11) is 0. The van der Waals surface area contributed by atoms with Crippen LogP contribution in [0.3, 0.4) is 0 Å². The molecule has 1 nitrogen and oxygen atoms in total. The van der Waals surface area contributed by atoms with Gasteiger partial charge in [0.05, 0.1) is 0 Å². The first-order chi connectivity index (χ1) is 8.83. The molecule has 0 heterocycles. The van der Waals surface area contributed by atoms with E-state index in [-0.39, 0.29) is 0 Å². The lowest BCUT2D eigenvalue weighted by molar-refractivity contribution is 0.480. The summed E-state index contributed by atoms with van der Waals surface area (Å²) >= 11 is 3.46. The average Bonchev–Trinajstić information content (AvgIpc) is 2.39. The van der Waals surface area contributed by atoms with E-state index in [1.54, 1.807) is 0 Å². The van der Waals surface area contributed by atoms with Crippen LogP contribution in [-0.2, 0) is 6.42 Å². The summed E-state index contributed by atoms with van der Waals surface area (Å²) in [5.41, 5.74) is 2.58. The van der Waals surface area contributed by atoms with Gasteiger partial charge in [-0.25, -0.2) is 0 Å². The Morgan fingerprint density at radius 1 is 1.06 bits per heavy atom. The van der Waals surface area contributed by atoms with Crippen molar-refractivity contribution in [3.05, 3.63) is 64.1 Å². The highest BCUT2D eigenvalue weighted by molar-refractivity contribution is 9.10. The lowest BCUT2D eigenvalue weighted by atomic mass is 9.97. The van der Waals surface area contributed by atoms with E-state index in [2.05, 4.69) is 40.2 Å². The number of hydrogen-bond donors (Lipinski definition) is 0. The first kappa shape index (κ1) is 11.5. The van der Waals surface area contributed by atoms with Gasteiger partial charge in [-0.3, -0.25) is 0 Å². The van der Waals surface area contributed by atoms with Crippen LogP contribution in [0.25, 0.3) is 6.08 Å². The molecule has 90 valence electrons. The Hall–Kier alpha value is -1.54. The minimum atomic E-state index is 0.858. The van der Waals surface area contributed by atoms with Crippen LogP contribution in [0.15, 0.2) is 53.0 Å². The second-order valence-electron chi connectivity index (χ2n) is 4.33. The number of allylic oxidation sites excluding steroid dienone is 1. The van der Waals surface area contributed by atoms with Gasteiger partial charge in [-0.2, -0.15) is 0 Å². The predicted octanol–water partition coefficient (Wildman–Crippen LogP) is 5.20. The third-order valence-corrected chi connectivity index (χ3v) is 3.54. The van der Waals surface area contributed by atoms with Crippen LogP contribution in [0.1, 0.15) is 17.5 Å². The van der Waals surface area contributed by atoms with Crippen LogP contribution >= 0.6 is 15.9 Å². The third-order valence-electron chi connectivity index (χ3n) is 3.05. The summed E-state index contributed by atoms with van der Waals surface area (Å²) in [6, 6.07) is 14.2. The fourth-order valence-electron chi connectivity index (χ4n) is 2.18. The first-order valence-corrected chi connectivity index (χ1v) is 6.84. The van der Waals surface area contributed by atoms with Gasteiger partial charge in [-0.1, -0.05) is 46.3 Å². The van der Waals surface area contributed by atoms with Crippen molar-refractivity contribution < 1.29 is 4.74 Å². The smallest absolute Gasteiger partial charge is 0.134 e. The van der Waals surface area contributed by atoms with Gasteiger partial charge in [0.25, 0.3) is 0 Å². The molecule has 2 heteroatoms. The van der Waals surface area contributed by atoms with Gasteiger partial charge in [0.2, 0.25) is 0 Å². The molecule has 0 radical (unpaired) electrons. The highest BCUT2D eigenvalue weighted by Crippen LogP contribution is 2.32. The molecule has 3 rings (SSSR count). The largest absolute Gasteiger partial charge is 0.457 e. The number of benzene rings is 2. The number of rotatable bonds is 2. The Morgan fingerprint density at radius 2 is 1.94 bits per heavy atom. The monoisotopic (exact) mass is 300 g/mol. The maximum atomic E-state index is 5.98. The first-order valence-electron chi connectivity index (χ1n) is 6.05. The maximum Gasteiger partial charge on any atom is 0.134 e. The van der Waals surface area contributed by atoms with Crippen molar-refractivity contribution in [2.45, 2.75) is 12.8 Å². The quantitative estimate of drug-likeness (QED) is 0.740. The fraction of sp³-hybridized carbons (Fsp3) is 0.125. The molecule has 0 saturated heterocycles. The molecule has 2 aromatic rings. The van der Waals surface area contributed by atoms with Gasteiger partial charge in [-0.05, 0) is 42.7 Å². The zero-order valence-electron chi connectivity index (χ0n) is 9.90. The normalized spacial score (nSPS) is 13.2. The molecule has 0 fully saturated rings. The van der Waals surface area contributed by atoms with E-state index in [1.807, 2.05) is 30.3 Å². The fourth-order valence-corrected chi connectivity index (χ4v) is 2.56. The molecule has 0 bridgehead atoms. The van der Waals surface area contributed by atoms with Gasteiger partial charge in [0.15, 0.2) is 0 Å². The Bertz CT molecular complexity index is 602. The van der Waals surface area contributed by atoms with E-state index >= 15 is 0 Å². The lowest BCUT2D eigenvalue weighted by Gasteiger charge is -2.15. The van der Waals surface area contributed by atoms with Gasteiger partial charge >= 0.3 is 0 Å². The molecular weight excluding hydrogens is 288 g/mol. The van der Waals surface area contributed by atoms with Gasteiger partial charge in [-0.15, -0.1) is 0 Å². The summed E-state index contributed by atoms with van der Waals surface area (Å²) in [5.74, 6) is 1.79. The van der Waals surface area contributed by atoms with Crippen LogP contribution in [0.4, 0.5) is 0 Å². The Labute approximate surface area is 115 Å². The molecule has 0 N–H and O–H groups in total. The number of halogens is 1. The summed E-state index contributed by atoms with van der Waals surface area (Å²) in [6.07, 6.45) is 6.58. The number of fused-ring (bicyclic) bond motifs is 1. The molecule has 0 unspecified atom stereocenters. The maximum absolute atomic E-state index is 5.98. The minimum Gasteiger partial charge on any atom is -0.457 e. The Kier molecular flexibility index (Phi) is 3.20. The second kappa shape index (κ2) is 4.99. The molecular formula is C16H13BrO. The van der Waals surface area contributed by atoms with Gasteiger partial charge in [0.1, 0.15) is 11.5 Å². The standard InChI is InChI=1S/C16H13BrO/c17-13-7-4-8-14(11-13)18-16-10-3-6-12-5-1-2-9-15(12)16/h2-4,6-11H,1,5H2. The van der Waals surface area contributed by atoms with E-state index in [1.165, 1.54) is 11.1 Å². The van der Waals surface area contributed by atoms with Gasteiger partial charge in [0, 0.05) is 10.0 Å². The summed E-state index contributed by atoms with van der Waals surface area (Å²) in [6.45, 7) is 0. The Balaban J connectivity index is 1.97. The van der Waals surface area contributed by atoms with Crippen molar-refractivity contribution in [2.24, 2.45) is 0 Å². The molecule has 1 aliphatic carbocycles. The molecule has 18 heavy (non-hydrogen) atoms. The Morgan fingerprint density at radius 3 is 2.83 bits per heavy atom. The van der Waals surface area contributed by atoms with Crippen LogP contribution < -0.4 is 4.74 Å². The van der Waals surface area contributed by atoms with E-state index in [0.29, 0.717) is 0 Å². The third kappa shape index (κ3) is 2.34. The SMILES string of the molecule is Brc1cccc(Oc2cccc3c2C=CCC3)c1. The van der Waals surface area contributed by atoms with Crippen molar-refractivity contribution in [2.75, 3.05) is 0 Å². The zero-order valence-corrected chi connectivity index (χ0v) is 11.5. The van der Waals surface area contributed by atoms with E-state index in [4.69, 9.17) is 4.74 Å². The summed E-state index contributed by atoms with van der Waals surface area (Å²) in [4.78, 5) is 0. The second-order valence-corrected chi connectivity index (χ2v) is 5.25. The number of aryl methyl sites for hydroxylation is 1. The number of ether oxygens (including phenoxy) is 1. The van der Waals surface area contributed by atoms with E-state index in [9.17, 15) is 0 Å². The van der Waals surface area contributed by atoms with Crippen molar-refractivity contribution in [1.82, 2.24) is 0 Å². The highest BCUT2D eigenvalue weighted by atomic mass is 79.9. The molecule has 0 aromatic heterocycles. The summed E-state index contributed by atoms with van der Waals surface area (Å²) < 4.78 is 7.00. The topological polar surface area (TPSA) is 9.23 Å². The molecule has 0 amide bonds. The minimum absolute atomic E-state index is 0.858. The molecule has 0 spiro atoms. The van der Waals surface area contributed by atoms with Crippen LogP contribution in [0.2, 0.25) is 0 Å². The predicted molar refractivity (Wildman–Crippen MR) is 78.0 cm³/mol. The zero-order chi connectivity index (χ0) is 12.4. The van der Waals surface area contributed by atoms with Crippen molar-refractivity contribution in [3.63, 3.8) is 0 Å². The average molecular weight is 301 g/mol. The highest BCUT2D eigenvalue weighted by Gasteiger charge is 2.10. The lowest BCUT2D eigenvalue weighted by Crippen LogP contribution is -1.96. The van der Waals surface area contributed by atoms with Crippen molar-refractivity contribution in [1.29, 1.82) is 0 Å². The van der Waals surface area contributed by atoms with Crippen LogP contribution in [0.5, 0.6) is 11.5 Å². The number of hydrogen-bond acceptors (Lipinski definition) is 1. The summed E-state index contributed by atoms with van der Waals surface area (Å²) in [5, 5.41) is 0.